The summed E-state index contributed by atoms with van der Waals surface area (Å²) >= 11 is 6.74. The monoisotopic (exact) mass is 385 g/mol. The summed E-state index contributed by atoms with van der Waals surface area (Å²) < 4.78 is 14.7. The Morgan fingerprint density at radius 3 is 2.37 bits per heavy atom. The highest BCUT2D eigenvalue weighted by atomic mass is 79.9. The molecule has 1 N–H and O–H groups in total. The largest absolute Gasteiger partial charge is 0.320 e. The van der Waals surface area contributed by atoms with Crippen LogP contribution in [-0.2, 0) is 0 Å². The Morgan fingerprint density at radius 1 is 1.16 bits per heavy atom. The number of carbonyl (C=O) groups excluding carboxylic acids is 1. The van der Waals surface area contributed by atoms with Gasteiger partial charge >= 0.3 is 0 Å². The smallest absolute Gasteiger partial charge is 0.255 e. The lowest BCUT2D eigenvalue weighted by atomic mass is 10.1. The van der Waals surface area contributed by atoms with Crippen molar-refractivity contribution in [2.24, 2.45) is 0 Å². The lowest BCUT2D eigenvalue weighted by Crippen LogP contribution is -2.13. The molecule has 0 aliphatic heterocycles. The zero-order valence-corrected chi connectivity index (χ0v) is 13.2. The van der Waals surface area contributed by atoms with E-state index in [1.165, 1.54) is 18.2 Å². The van der Waals surface area contributed by atoms with E-state index in [0.29, 0.717) is 16.8 Å². The SMILES string of the molecule is Cc1cc(C(=O)Nc2c(Br)cccc2Br)ccc1F. The van der Waals surface area contributed by atoms with Gasteiger partial charge in [-0.2, -0.15) is 0 Å². The van der Waals surface area contributed by atoms with Crippen LogP contribution in [0.25, 0.3) is 0 Å². The van der Waals surface area contributed by atoms with E-state index in [1.54, 1.807) is 6.92 Å². The summed E-state index contributed by atoms with van der Waals surface area (Å²) in [6.07, 6.45) is 0. The minimum absolute atomic E-state index is 0.282. The summed E-state index contributed by atoms with van der Waals surface area (Å²) in [5, 5.41) is 2.79. The van der Waals surface area contributed by atoms with E-state index in [2.05, 4.69) is 37.2 Å². The summed E-state index contributed by atoms with van der Waals surface area (Å²) in [5.74, 6) is -0.602. The second-order valence-electron chi connectivity index (χ2n) is 4.01. The van der Waals surface area contributed by atoms with Gasteiger partial charge in [-0.3, -0.25) is 4.79 Å². The molecule has 0 saturated heterocycles. The molecule has 2 nitrogen and oxygen atoms in total. The van der Waals surface area contributed by atoms with Crippen LogP contribution in [0.4, 0.5) is 10.1 Å². The summed E-state index contributed by atoms with van der Waals surface area (Å²) in [6, 6.07) is 9.79. The quantitative estimate of drug-likeness (QED) is 0.780. The molecule has 19 heavy (non-hydrogen) atoms. The third kappa shape index (κ3) is 3.22. The first kappa shape index (κ1) is 14.2. The average Bonchev–Trinajstić information content (AvgIpc) is 2.37. The van der Waals surface area contributed by atoms with E-state index >= 15 is 0 Å². The number of anilines is 1. The van der Waals surface area contributed by atoms with Crippen molar-refractivity contribution in [3.63, 3.8) is 0 Å². The second-order valence-corrected chi connectivity index (χ2v) is 5.72. The highest BCUT2D eigenvalue weighted by molar-refractivity contribution is 9.11. The Hall–Kier alpha value is -1.20. The fourth-order valence-corrected chi connectivity index (χ4v) is 2.79. The van der Waals surface area contributed by atoms with Crippen LogP contribution in [0, 0.1) is 12.7 Å². The summed E-state index contributed by atoms with van der Waals surface area (Å²) in [5.41, 5.74) is 1.51. The molecule has 0 fully saturated rings. The van der Waals surface area contributed by atoms with Gasteiger partial charge in [0.2, 0.25) is 0 Å². The van der Waals surface area contributed by atoms with Crippen LogP contribution in [0.2, 0.25) is 0 Å². The van der Waals surface area contributed by atoms with Gasteiger partial charge in [-0.15, -0.1) is 0 Å². The first-order valence-electron chi connectivity index (χ1n) is 5.50. The van der Waals surface area contributed by atoms with Gasteiger partial charge in [0.1, 0.15) is 5.82 Å². The van der Waals surface area contributed by atoms with Crippen molar-refractivity contribution in [1.29, 1.82) is 0 Å². The predicted octanol–water partition coefficient (Wildman–Crippen LogP) is 4.91. The molecule has 98 valence electrons. The van der Waals surface area contributed by atoms with E-state index in [1.807, 2.05) is 18.2 Å². The molecule has 0 heterocycles. The molecule has 1 amide bonds. The van der Waals surface area contributed by atoms with E-state index < -0.39 is 0 Å². The molecule has 0 unspecified atom stereocenters. The molecule has 0 aliphatic carbocycles. The Labute approximate surface area is 127 Å². The van der Waals surface area contributed by atoms with Crippen LogP contribution in [0.15, 0.2) is 45.3 Å². The van der Waals surface area contributed by atoms with Crippen LogP contribution >= 0.6 is 31.9 Å². The van der Waals surface area contributed by atoms with Crippen molar-refractivity contribution >= 4 is 43.5 Å². The van der Waals surface area contributed by atoms with Crippen LogP contribution in [0.5, 0.6) is 0 Å². The van der Waals surface area contributed by atoms with E-state index in [0.717, 1.165) is 8.95 Å². The molecule has 0 saturated carbocycles. The van der Waals surface area contributed by atoms with Crippen LogP contribution in [0.3, 0.4) is 0 Å². The van der Waals surface area contributed by atoms with Gasteiger partial charge in [0.05, 0.1) is 5.69 Å². The van der Waals surface area contributed by atoms with Gasteiger partial charge in [-0.05, 0) is 74.7 Å². The topological polar surface area (TPSA) is 29.1 Å². The zero-order chi connectivity index (χ0) is 14.0. The Morgan fingerprint density at radius 2 is 1.79 bits per heavy atom. The number of rotatable bonds is 2. The van der Waals surface area contributed by atoms with Crippen LogP contribution in [-0.4, -0.2) is 5.91 Å². The predicted molar refractivity (Wildman–Crippen MR) is 80.9 cm³/mol. The Balaban J connectivity index is 2.28. The first-order chi connectivity index (χ1) is 8.99. The normalized spacial score (nSPS) is 10.3. The average molecular weight is 387 g/mol. The standard InChI is InChI=1S/C14H10Br2FNO/c1-8-7-9(5-6-12(8)17)14(19)18-13-10(15)3-2-4-11(13)16/h2-7H,1H3,(H,18,19). The fraction of sp³-hybridized carbons (Fsp3) is 0.0714. The number of aryl methyl sites for hydroxylation is 1. The molecular formula is C14H10Br2FNO. The number of nitrogens with one attached hydrogen (secondary N) is 1. The highest BCUT2D eigenvalue weighted by Crippen LogP contribution is 2.30. The van der Waals surface area contributed by atoms with Gasteiger partial charge < -0.3 is 5.32 Å². The summed E-state index contributed by atoms with van der Waals surface area (Å²) in [7, 11) is 0. The summed E-state index contributed by atoms with van der Waals surface area (Å²) in [6.45, 7) is 1.63. The van der Waals surface area contributed by atoms with Gasteiger partial charge in [0, 0.05) is 14.5 Å². The number of carbonyl (C=O) groups is 1. The number of hydrogen-bond acceptors (Lipinski definition) is 1. The van der Waals surface area contributed by atoms with Crippen LogP contribution in [0.1, 0.15) is 15.9 Å². The van der Waals surface area contributed by atoms with E-state index in [4.69, 9.17) is 0 Å². The molecule has 5 heteroatoms. The lowest BCUT2D eigenvalue weighted by Gasteiger charge is -2.10. The first-order valence-corrected chi connectivity index (χ1v) is 7.09. The summed E-state index contributed by atoms with van der Waals surface area (Å²) in [4.78, 5) is 12.1. The van der Waals surface area contributed by atoms with Crippen LogP contribution < -0.4 is 5.32 Å². The molecule has 0 aliphatic rings. The van der Waals surface area contributed by atoms with Crippen molar-refractivity contribution < 1.29 is 9.18 Å². The van der Waals surface area contributed by atoms with E-state index in [-0.39, 0.29) is 11.7 Å². The molecule has 0 radical (unpaired) electrons. The maximum atomic E-state index is 13.2. The molecular weight excluding hydrogens is 377 g/mol. The van der Waals surface area contributed by atoms with Crippen molar-refractivity contribution in [3.8, 4) is 0 Å². The highest BCUT2D eigenvalue weighted by Gasteiger charge is 2.11. The minimum Gasteiger partial charge on any atom is -0.320 e. The van der Waals surface area contributed by atoms with Gasteiger partial charge in [0.25, 0.3) is 5.91 Å². The van der Waals surface area contributed by atoms with Crippen molar-refractivity contribution in [1.82, 2.24) is 0 Å². The number of benzene rings is 2. The molecule has 0 atom stereocenters. The maximum absolute atomic E-state index is 13.2. The fourth-order valence-electron chi connectivity index (χ4n) is 1.59. The van der Waals surface area contributed by atoms with Crippen molar-refractivity contribution in [2.75, 3.05) is 5.32 Å². The molecule has 0 spiro atoms. The number of para-hydroxylation sites is 1. The Kier molecular flexibility index (Phi) is 4.37. The molecule has 0 aromatic heterocycles. The number of hydrogen-bond donors (Lipinski definition) is 1. The molecule has 2 rings (SSSR count). The maximum Gasteiger partial charge on any atom is 0.255 e. The Bertz CT molecular complexity index is 623. The molecule has 2 aromatic carbocycles. The van der Waals surface area contributed by atoms with Gasteiger partial charge in [0.15, 0.2) is 0 Å². The van der Waals surface area contributed by atoms with Crippen molar-refractivity contribution in [2.45, 2.75) is 6.92 Å². The van der Waals surface area contributed by atoms with Gasteiger partial charge in [-0.25, -0.2) is 4.39 Å². The number of halogens is 3. The minimum atomic E-state index is -0.321. The lowest BCUT2D eigenvalue weighted by molar-refractivity contribution is 0.102. The number of amides is 1. The zero-order valence-electron chi connectivity index (χ0n) is 10.0. The third-order valence-electron chi connectivity index (χ3n) is 2.62. The second kappa shape index (κ2) is 5.84. The van der Waals surface area contributed by atoms with E-state index in [9.17, 15) is 9.18 Å². The molecule has 0 bridgehead atoms. The van der Waals surface area contributed by atoms with Gasteiger partial charge in [-0.1, -0.05) is 6.07 Å². The van der Waals surface area contributed by atoms with Crippen molar-refractivity contribution in [3.05, 3.63) is 62.3 Å². The molecule has 2 aromatic rings. The third-order valence-corrected chi connectivity index (χ3v) is 3.94.